The summed E-state index contributed by atoms with van der Waals surface area (Å²) in [6.07, 6.45) is 2.41. The lowest BCUT2D eigenvalue weighted by atomic mass is 9.81. The van der Waals surface area contributed by atoms with Gasteiger partial charge < -0.3 is 9.73 Å². The summed E-state index contributed by atoms with van der Waals surface area (Å²) in [6, 6.07) is 2.68. The van der Waals surface area contributed by atoms with Crippen LogP contribution in [0.25, 0.3) is 0 Å². The molecule has 6 nitrogen and oxygen atoms in total. The van der Waals surface area contributed by atoms with Crippen molar-refractivity contribution in [2.75, 3.05) is 0 Å². The van der Waals surface area contributed by atoms with Gasteiger partial charge >= 0.3 is 0 Å². The van der Waals surface area contributed by atoms with E-state index in [-0.39, 0.29) is 57.6 Å². The predicted molar refractivity (Wildman–Crippen MR) is 95.9 cm³/mol. The van der Waals surface area contributed by atoms with Gasteiger partial charge in [0, 0.05) is 9.65 Å². The Morgan fingerprint density at radius 3 is 2.40 bits per heavy atom. The number of carbonyl (C=O) groups is 3. The summed E-state index contributed by atoms with van der Waals surface area (Å²) in [6.45, 7) is 1.84. The molecule has 0 aromatic carbocycles. The van der Waals surface area contributed by atoms with E-state index in [9.17, 15) is 14.4 Å². The van der Waals surface area contributed by atoms with Crippen molar-refractivity contribution in [2.45, 2.75) is 35.6 Å². The third-order valence-corrected chi connectivity index (χ3v) is 9.01. The minimum Gasteiger partial charge on any atom is -0.467 e. The normalized spacial score (nSPS) is 37.5. The topological polar surface area (TPSA) is 79.6 Å². The van der Waals surface area contributed by atoms with Crippen molar-refractivity contribution < 1.29 is 18.8 Å². The largest absolute Gasteiger partial charge is 0.467 e. The number of carbonyl (C=O) groups excluding carboxylic acids is 3. The second kappa shape index (κ2) is 6.23. The van der Waals surface area contributed by atoms with Crippen molar-refractivity contribution >= 4 is 49.6 Å². The van der Waals surface area contributed by atoms with Gasteiger partial charge in [0.15, 0.2) is 0 Å². The van der Waals surface area contributed by atoms with E-state index < -0.39 is 6.04 Å². The average molecular weight is 474 g/mol. The molecule has 2 saturated carbocycles. The third-order valence-electron chi connectivity index (χ3n) is 5.80. The van der Waals surface area contributed by atoms with E-state index in [1.165, 1.54) is 11.2 Å². The first-order valence-corrected chi connectivity index (χ1v) is 10.2. The number of hydrogen-bond acceptors (Lipinski definition) is 4. The van der Waals surface area contributed by atoms with Gasteiger partial charge in [-0.1, -0.05) is 31.9 Å². The van der Waals surface area contributed by atoms with Gasteiger partial charge in [-0.15, -0.1) is 0 Å². The second-order valence-corrected chi connectivity index (χ2v) is 9.14. The molecule has 134 valence electrons. The molecule has 3 fully saturated rings. The van der Waals surface area contributed by atoms with Crippen molar-refractivity contribution in [2.24, 2.45) is 23.7 Å². The molecule has 3 amide bonds. The van der Waals surface area contributed by atoms with Gasteiger partial charge in [-0.25, -0.2) is 0 Å². The minimum absolute atomic E-state index is 0.152. The number of nitrogens with one attached hydrogen (secondary N) is 1. The van der Waals surface area contributed by atoms with Gasteiger partial charge in [0.25, 0.3) is 0 Å². The van der Waals surface area contributed by atoms with Crippen molar-refractivity contribution in [3.05, 3.63) is 24.2 Å². The molecule has 3 aliphatic rings. The van der Waals surface area contributed by atoms with E-state index in [0.29, 0.717) is 5.76 Å². The number of halogens is 2. The van der Waals surface area contributed by atoms with E-state index in [1.807, 2.05) is 0 Å². The summed E-state index contributed by atoms with van der Waals surface area (Å²) in [5.41, 5.74) is 0. The van der Waals surface area contributed by atoms with Crippen LogP contribution in [0.15, 0.2) is 22.8 Å². The third kappa shape index (κ3) is 2.51. The van der Waals surface area contributed by atoms with Crippen LogP contribution in [0.2, 0.25) is 0 Å². The molecule has 2 heterocycles. The molecule has 1 aliphatic heterocycles. The Morgan fingerprint density at radius 1 is 1.28 bits per heavy atom. The Labute approximate surface area is 161 Å². The SMILES string of the molecule is C[C@H](C(=O)NCc1ccco1)N1C(=O)[C@@H]2[C@H]3C[C@@H]([C@@H](Br)[C@H]3Br)[C@H]2C1=O. The Morgan fingerprint density at radius 2 is 1.88 bits per heavy atom. The summed E-state index contributed by atoms with van der Waals surface area (Å²) < 4.78 is 5.18. The van der Waals surface area contributed by atoms with Gasteiger partial charge in [0.2, 0.25) is 17.7 Å². The van der Waals surface area contributed by atoms with Gasteiger partial charge in [0.1, 0.15) is 11.8 Å². The standard InChI is InChI=1S/C17H18Br2N2O4/c1-7(15(22)20-6-8-3-2-4-25-8)21-16(23)11-9-5-10(12(11)17(21)24)14(19)13(9)18/h2-4,7,9-14H,5-6H2,1H3,(H,20,22)/t7-,9-,10-,11-,12-,13-,14+/m1/s1. The number of hydrogen-bond donors (Lipinski definition) is 1. The number of likely N-dealkylation sites (tertiary alicyclic amines) is 1. The first-order valence-electron chi connectivity index (χ1n) is 8.37. The Hall–Kier alpha value is -1.15. The number of fused-ring (bicyclic) bond motifs is 5. The Bertz CT molecular complexity index is 690. The van der Waals surface area contributed by atoms with Crippen LogP contribution < -0.4 is 5.32 Å². The fourth-order valence-corrected chi connectivity index (χ4v) is 6.48. The fourth-order valence-electron chi connectivity index (χ4n) is 4.61. The van der Waals surface area contributed by atoms with Crippen LogP contribution in [0.1, 0.15) is 19.1 Å². The molecule has 1 aromatic heterocycles. The monoisotopic (exact) mass is 472 g/mol. The molecule has 1 aromatic rings. The molecule has 8 heteroatoms. The number of amides is 3. The molecule has 1 N–H and O–H groups in total. The molecule has 2 bridgehead atoms. The smallest absolute Gasteiger partial charge is 0.243 e. The highest BCUT2D eigenvalue weighted by atomic mass is 79.9. The quantitative estimate of drug-likeness (QED) is 0.536. The molecule has 0 radical (unpaired) electrons. The molecular weight excluding hydrogens is 456 g/mol. The highest BCUT2D eigenvalue weighted by Crippen LogP contribution is 2.60. The molecule has 0 spiro atoms. The van der Waals surface area contributed by atoms with Crippen molar-refractivity contribution in [3.8, 4) is 0 Å². The first-order chi connectivity index (χ1) is 11.9. The van der Waals surface area contributed by atoms with Gasteiger partial charge in [-0.3, -0.25) is 19.3 Å². The van der Waals surface area contributed by atoms with E-state index >= 15 is 0 Å². The fraction of sp³-hybridized carbons (Fsp3) is 0.588. The van der Waals surface area contributed by atoms with E-state index in [4.69, 9.17) is 4.42 Å². The average Bonchev–Trinajstić information content (AvgIpc) is 3.33. The molecule has 1 saturated heterocycles. The highest BCUT2D eigenvalue weighted by Gasteiger charge is 2.67. The molecule has 0 unspecified atom stereocenters. The highest BCUT2D eigenvalue weighted by molar-refractivity contribution is 9.12. The molecule has 2 aliphatic carbocycles. The van der Waals surface area contributed by atoms with Gasteiger partial charge in [-0.2, -0.15) is 0 Å². The molecule has 4 rings (SSSR count). The summed E-state index contributed by atoms with van der Waals surface area (Å²) in [5, 5.41) is 2.73. The summed E-state index contributed by atoms with van der Waals surface area (Å²) in [5.74, 6) is -0.417. The van der Waals surface area contributed by atoms with Crippen molar-refractivity contribution in [1.82, 2.24) is 10.2 Å². The van der Waals surface area contributed by atoms with Gasteiger partial charge in [0.05, 0.1) is 24.6 Å². The number of nitrogens with zero attached hydrogens (tertiary/aromatic N) is 1. The van der Waals surface area contributed by atoms with Crippen LogP contribution >= 0.6 is 31.9 Å². The van der Waals surface area contributed by atoms with E-state index in [2.05, 4.69) is 37.2 Å². The van der Waals surface area contributed by atoms with Crippen LogP contribution in [0, 0.1) is 23.7 Å². The molecule has 25 heavy (non-hydrogen) atoms. The molecule has 7 atom stereocenters. The van der Waals surface area contributed by atoms with E-state index in [1.54, 1.807) is 19.1 Å². The zero-order valence-electron chi connectivity index (χ0n) is 13.5. The maximum atomic E-state index is 12.9. The van der Waals surface area contributed by atoms with Crippen LogP contribution in [-0.4, -0.2) is 38.3 Å². The number of furan rings is 1. The summed E-state index contributed by atoms with van der Waals surface area (Å²) >= 11 is 7.32. The maximum Gasteiger partial charge on any atom is 0.243 e. The maximum absolute atomic E-state index is 12.9. The minimum atomic E-state index is -0.817. The van der Waals surface area contributed by atoms with Crippen LogP contribution in [0.5, 0.6) is 0 Å². The Kier molecular flexibility index (Phi) is 4.30. The number of rotatable bonds is 4. The van der Waals surface area contributed by atoms with Gasteiger partial charge in [-0.05, 0) is 37.3 Å². The number of alkyl halides is 2. The Balaban J connectivity index is 1.48. The lowest BCUT2D eigenvalue weighted by Gasteiger charge is -2.28. The molecular formula is C17H18Br2N2O4. The first kappa shape index (κ1) is 17.3. The van der Waals surface area contributed by atoms with Crippen molar-refractivity contribution in [1.29, 1.82) is 0 Å². The van der Waals surface area contributed by atoms with Crippen LogP contribution in [-0.2, 0) is 20.9 Å². The zero-order chi connectivity index (χ0) is 17.9. The van der Waals surface area contributed by atoms with Crippen LogP contribution in [0.3, 0.4) is 0 Å². The summed E-state index contributed by atoms with van der Waals surface area (Å²) in [7, 11) is 0. The number of imide groups is 1. The lowest BCUT2D eigenvalue weighted by molar-refractivity contribution is -0.148. The predicted octanol–water partition coefficient (Wildman–Crippen LogP) is 2.06. The zero-order valence-corrected chi connectivity index (χ0v) is 16.7. The van der Waals surface area contributed by atoms with Crippen molar-refractivity contribution in [3.63, 3.8) is 0 Å². The summed E-state index contributed by atoms with van der Waals surface area (Å²) in [4.78, 5) is 39.8. The van der Waals surface area contributed by atoms with Crippen LogP contribution in [0.4, 0.5) is 0 Å². The lowest BCUT2D eigenvalue weighted by Crippen LogP contribution is -2.48. The second-order valence-electron chi connectivity index (χ2n) is 7.02. The van der Waals surface area contributed by atoms with E-state index in [0.717, 1.165) is 6.42 Å².